The van der Waals surface area contributed by atoms with E-state index in [2.05, 4.69) is 14.7 Å². The van der Waals surface area contributed by atoms with Crippen molar-refractivity contribution in [1.82, 2.24) is 19.6 Å². The second kappa shape index (κ2) is 7.37. The molecular weight excluding hydrogens is 355 g/mol. The molecule has 1 saturated heterocycles. The number of nitrogens with zero attached hydrogens (tertiary/aromatic N) is 4. The molecular formula is C19H22ClFN4O. The minimum atomic E-state index is -0.379. The lowest BCUT2D eigenvalue weighted by molar-refractivity contribution is -0.127. The summed E-state index contributed by atoms with van der Waals surface area (Å²) < 4.78 is 15.8. The third-order valence-electron chi connectivity index (χ3n) is 5.25. The van der Waals surface area contributed by atoms with E-state index in [0.29, 0.717) is 13.0 Å². The van der Waals surface area contributed by atoms with Crippen molar-refractivity contribution in [3.05, 3.63) is 52.6 Å². The number of rotatable bonds is 5. The SMILES string of the molecule is O=C1CCCN1CC[C@@H]1CN(Cc2ccc(Cl)c(F)c2)Cc2ccnn21. The molecule has 0 N–H and O–H groups in total. The van der Waals surface area contributed by atoms with E-state index in [1.54, 1.807) is 6.07 Å². The normalized spacial score (nSPS) is 20.6. The lowest BCUT2D eigenvalue weighted by Crippen LogP contribution is -2.39. The lowest BCUT2D eigenvalue weighted by Gasteiger charge is -2.34. The highest BCUT2D eigenvalue weighted by Gasteiger charge is 2.27. The minimum absolute atomic E-state index is 0.152. The molecule has 0 radical (unpaired) electrons. The zero-order valence-corrected chi connectivity index (χ0v) is 15.3. The Bertz CT molecular complexity index is 809. The number of fused-ring (bicyclic) bond motifs is 1. The van der Waals surface area contributed by atoms with Gasteiger partial charge in [0, 0.05) is 45.3 Å². The maximum Gasteiger partial charge on any atom is 0.222 e. The lowest BCUT2D eigenvalue weighted by atomic mass is 10.1. The molecule has 0 aliphatic carbocycles. The summed E-state index contributed by atoms with van der Waals surface area (Å²) in [4.78, 5) is 16.1. The third kappa shape index (κ3) is 3.62. The third-order valence-corrected chi connectivity index (χ3v) is 5.55. The molecule has 5 nitrogen and oxygen atoms in total. The first-order valence-electron chi connectivity index (χ1n) is 9.06. The summed E-state index contributed by atoms with van der Waals surface area (Å²) in [7, 11) is 0. The van der Waals surface area contributed by atoms with Crippen LogP contribution in [0.15, 0.2) is 30.5 Å². The number of carbonyl (C=O) groups is 1. The van der Waals surface area contributed by atoms with Crippen LogP contribution >= 0.6 is 11.6 Å². The average molecular weight is 377 g/mol. The second-order valence-electron chi connectivity index (χ2n) is 7.11. The summed E-state index contributed by atoms with van der Waals surface area (Å²) in [6, 6.07) is 7.24. The number of aromatic nitrogens is 2. The van der Waals surface area contributed by atoms with Crippen molar-refractivity contribution in [2.45, 2.75) is 38.4 Å². The summed E-state index contributed by atoms with van der Waals surface area (Å²) in [6.07, 6.45) is 4.34. The van der Waals surface area contributed by atoms with Crippen molar-refractivity contribution in [3.8, 4) is 0 Å². The molecule has 0 saturated carbocycles. The second-order valence-corrected chi connectivity index (χ2v) is 7.52. The Kier molecular flexibility index (Phi) is 4.96. The summed E-state index contributed by atoms with van der Waals surface area (Å²) >= 11 is 5.78. The highest BCUT2D eigenvalue weighted by atomic mass is 35.5. The van der Waals surface area contributed by atoms with Gasteiger partial charge in [-0.1, -0.05) is 17.7 Å². The van der Waals surface area contributed by atoms with Crippen molar-refractivity contribution in [2.24, 2.45) is 0 Å². The Morgan fingerprint density at radius 3 is 2.96 bits per heavy atom. The van der Waals surface area contributed by atoms with Crippen LogP contribution in [-0.4, -0.2) is 45.1 Å². The van der Waals surface area contributed by atoms with Crippen LogP contribution in [0.4, 0.5) is 4.39 Å². The average Bonchev–Trinajstić information content (AvgIpc) is 3.25. The Hall–Kier alpha value is -1.92. The number of amides is 1. The van der Waals surface area contributed by atoms with Gasteiger partial charge in [-0.05, 0) is 36.6 Å². The summed E-state index contributed by atoms with van der Waals surface area (Å²) in [6.45, 7) is 3.92. The van der Waals surface area contributed by atoms with Crippen molar-refractivity contribution in [2.75, 3.05) is 19.6 Å². The van der Waals surface area contributed by atoms with Gasteiger partial charge in [-0.2, -0.15) is 5.10 Å². The van der Waals surface area contributed by atoms with Crippen LogP contribution in [0.5, 0.6) is 0 Å². The largest absolute Gasteiger partial charge is 0.343 e. The van der Waals surface area contributed by atoms with Crippen molar-refractivity contribution in [3.63, 3.8) is 0 Å². The smallest absolute Gasteiger partial charge is 0.222 e. The molecule has 0 bridgehead atoms. The van der Waals surface area contributed by atoms with E-state index in [1.165, 1.54) is 6.07 Å². The zero-order chi connectivity index (χ0) is 18.1. The van der Waals surface area contributed by atoms with Gasteiger partial charge in [0.1, 0.15) is 5.82 Å². The maximum atomic E-state index is 13.7. The molecule has 2 aromatic rings. The quantitative estimate of drug-likeness (QED) is 0.804. The van der Waals surface area contributed by atoms with Crippen LogP contribution in [0, 0.1) is 5.82 Å². The first kappa shape index (κ1) is 17.5. The summed E-state index contributed by atoms with van der Waals surface area (Å²) in [5.74, 6) is -0.120. The van der Waals surface area contributed by atoms with Gasteiger partial charge in [0.15, 0.2) is 0 Å². The van der Waals surface area contributed by atoms with Gasteiger partial charge in [-0.3, -0.25) is 14.4 Å². The summed E-state index contributed by atoms with van der Waals surface area (Å²) in [5, 5.41) is 4.63. The number of carbonyl (C=O) groups excluding carboxylic acids is 1. The molecule has 0 spiro atoms. The van der Waals surface area contributed by atoms with Gasteiger partial charge in [0.25, 0.3) is 0 Å². The molecule has 0 unspecified atom stereocenters. The van der Waals surface area contributed by atoms with Gasteiger partial charge in [-0.15, -0.1) is 0 Å². The van der Waals surface area contributed by atoms with Crippen LogP contribution in [0.25, 0.3) is 0 Å². The maximum absolute atomic E-state index is 13.7. The van der Waals surface area contributed by atoms with E-state index < -0.39 is 0 Å². The van der Waals surface area contributed by atoms with E-state index in [9.17, 15) is 9.18 Å². The van der Waals surface area contributed by atoms with Gasteiger partial charge in [0.05, 0.1) is 16.8 Å². The van der Waals surface area contributed by atoms with Crippen LogP contribution in [0.1, 0.15) is 36.6 Å². The number of halogens is 2. The van der Waals surface area contributed by atoms with E-state index >= 15 is 0 Å². The number of hydrogen-bond donors (Lipinski definition) is 0. The van der Waals surface area contributed by atoms with E-state index in [1.807, 2.05) is 23.2 Å². The van der Waals surface area contributed by atoms with Crippen LogP contribution < -0.4 is 0 Å². The van der Waals surface area contributed by atoms with Gasteiger partial charge in [0.2, 0.25) is 5.91 Å². The molecule has 1 atom stereocenters. The van der Waals surface area contributed by atoms with Crippen molar-refractivity contribution < 1.29 is 9.18 Å². The molecule has 3 heterocycles. The molecule has 7 heteroatoms. The predicted molar refractivity (Wildman–Crippen MR) is 97.2 cm³/mol. The van der Waals surface area contributed by atoms with Gasteiger partial charge < -0.3 is 4.90 Å². The number of hydrogen-bond acceptors (Lipinski definition) is 3. The van der Waals surface area contributed by atoms with Crippen molar-refractivity contribution in [1.29, 1.82) is 0 Å². The fourth-order valence-electron chi connectivity index (χ4n) is 3.94. The Morgan fingerprint density at radius 2 is 2.19 bits per heavy atom. The first-order valence-corrected chi connectivity index (χ1v) is 9.44. The fourth-order valence-corrected chi connectivity index (χ4v) is 4.06. The Morgan fingerprint density at radius 1 is 1.31 bits per heavy atom. The molecule has 4 rings (SSSR count). The predicted octanol–water partition coefficient (Wildman–Crippen LogP) is 3.25. The number of likely N-dealkylation sites (tertiary alicyclic amines) is 1. The van der Waals surface area contributed by atoms with E-state index in [0.717, 1.165) is 50.3 Å². The molecule has 1 amide bonds. The number of benzene rings is 1. The highest BCUT2D eigenvalue weighted by molar-refractivity contribution is 6.30. The molecule has 2 aliphatic heterocycles. The Labute approximate surface area is 157 Å². The monoisotopic (exact) mass is 376 g/mol. The molecule has 2 aliphatic rings. The zero-order valence-electron chi connectivity index (χ0n) is 14.6. The molecule has 26 heavy (non-hydrogen) atoms. The van der Waals surface area contributed by atoms with E-state index in [-0.39, 0.29) is 22.8 Å². The molecule has 1 fully saturated rings. The highest BCUT2D eigenvalue weighted by Crippen LogP contribution is 2.26. The van der Waals surface area contributed by atoms with Gasteiger partial charge >= 0.3 is 0 Å². The van der Waals surface area contributed by atoms with Crippen molar-refractivity contribution >= 4 is 17.5 Å². The van der Waals surface area contributed by atoms with Crippen LogP contribution in [0.2, 0.25) is 5.02 Å². The van der Waals surface area contributed by atoms with E-state index in [4.69, 9.17) is 11.6 Å². The molecule has 1 aromatic carbocycles. The fraction of sp³-hybridized carbons (Fsp3) is 0.474. The molecule has 138 valence electrons. The Balaban J connectivity index is 1.45. The van der Waals surface area contributed by atoms with Gasteiger partial charge in [-0.25, -0.2) is 4.39 Å². The molecule has 1 aromatic heterocycles. The first-order chi connectivity index (χ1) is 12.6. The minimum Gasteiger partial charge on any atom is -0.343 e. The summed E-state index contributed by atoms with van der Waals surface area (Å²) in [5.41, 5.74) is 2.07. The van der Waals surface area contributed by atoms with Crippen LogP contribution in [0.3, 0.4) is 0 Å². The van der Waals surface area contributed by atoms with Crippen LogP contribution in [-0.2, 0) is 17.9 Å². The standard InChI is InChI=1S/C19H22ClFN4O/c20-17-4-3-14(10-18(17)21)11-23-12-15-5-7-22-25(15)16(13-23)6-9-24-8-1-2-19(24)26/h3-5,7,10,16H,1-2,6,8-9,11-13H2/t16-/m1/s1. The topological polar surface area (TPSA) is 41.4 Å².